The Balaban J connectivity index is 0.000000878. The lowest BCUT2D eigenvalue weighted by molar-refractivity contribution is -0.106. The van der Waals surface area contributed by atoms with Crippen LogP contribution in [0, 0.1) is 6.92 Å². The van der Waals surface area contributed by atoms with Gasteiger partial charge >= 0.3 is 0 Å². The number of thioether (sulfide) groups is 2. The number of thiophene rings is 1. The van der Waals surface area contributed by atoms with Gasteiger partial charge in [0.05, 0.1) is 10.6 Å². The summed E-state index contributed by atoms with van der Waals surface area (Å²) in [7, 11) is 0. The standard InChI is InChI=1S/C21H23NS3.C2H4O/c1-3-4-12-23-15-25-21-16(2)18(17-9-6-5-7-10-17)14-19(22-21)20-11-8-13-24-20;1-2-3/h5-11,13-14H,3-4,12,15H2,1-2H3;2H,1H3. The van der Waals surface area contributed by atoms with Gasteiger partial charge in [-0.25, -0.2) is 4.98 Å². The molecular weight excluding hydrogens is 402 g/mol. The maximum Gasteiger partial charge on any atom is 0.116 e. The zero-order valence-corrected chi connectivity index (χ0v) is 19.1. The van der Waals surface area contributed by atoms with Crippen LogP contribution in [0.15, 0.2) is 58.9 Å². The Bertz CT molecular complexity index is 833. The fourth-order valence-corrected chi connectivity index (χ4v) is 5.52. The number of unbranched alkanes of at least 4 members (excludes halogenated alkanes) is 1. The first kappa shape index (κ1) is 22.7. The van der Waals surface area contributed by atoms with Crippen LogP contribution in [0.5, 0.6) is 0 Å². The molecule has 3 rings (SSSR count). The molecule has 3 aromatic rings. The first-order chi connectivity index (χ1) is 13.7. The number of benzene rings is 1. The van der Waals surface area contributed by atoms with Crippen molar-refractivity contribution in [3.63, 3.8) is 0 Å². The molecule has 0 saturated carbocycles. The zero-order chi connectivity index (χ0) is 20.2. The van der Waals surface area contributed by atoms with E-state index in [1.165, 1.54) is 47.1 Å². The molecule has 2 heterocycles. The molecule has 0 fully saturated rings. The molecule has 0 N–H and O–H groups in total. The number of carbonyl (C=O) groups excluding carboxylic acids is 1. The summed E-state index contributed by atoms with van der Waals surface area (Å²) in [5, 5.41) is 4.34. The highest BCUT2D eigenvalue weighted by molar-refractivity contribution is 8.15. The van der Waals surface area contributed by atoms with Crippen LogP contribution in [0.2, 0.25) is 0 Å². The van der Waals surface area contributed by atoms with E-state index in [0.717, 1.165) is 22.1 Å². The average molecular weight is 430 g/mol. The van der Waals surface area contributed by atoms with Crippen molar-refractivity contribution in [1.29, 1.82) is 0 Å². The molecule has 0 atom stereocenters. The molecule has 28 heavy (non-hydrogen) atoms. The van der Waals surface area contributed by atoms with Crippen LogP contribution >= 0.6 is 34.9 Å². The highest BCUT2D eigenvalue weighted by Gasteiger charge is 2.13. The minimum Gasteiger partial charge on any atom is -0.304 e. The number of aldehydes is 1. The first-order valence-electron chi connectivity index (χ1n) is 9.42. The minimum absolute atomic E-state index is 0.750. The predicted octanol–water partition coefficient (Wildman–Crippen LogP) is 7.57. The van der Waals surface area contributed by atoms with Gasteiger partial charge in [0, 0.05) is 5.08 Å². The molecule has 2 aromatic heterocycles. The van der Waals surface area contributed by atoms with Crippen LogP contribution in [0.1, 0.15) is 32.3 Å². The van der Waals surface area contributed by atoms with Gasteiger partial charge in [0.15, 0.2) is 0 Å². The van der Waals surface area contributed by atoms with E-state index in [-0.39, 0.29) is 0 Å². The van der Waals surface area contributed by atoms with Crippen LogP contribution in [0.4, 0.5) is 0 Å². The Morgan fingerprint density at radius 2 is 1.89 bits per heavy atom. The number of rotatable bonds is 8. The van der Waals surface area contributed by atoms with Crippen molar-refractivity contribution in [1.82, 2.24) is 4.98 Å². The van der Waals surface area contributed by atoms with Gasteiger partial charge in [0.2, 0.25) is 0 Å². The molecule has 0 spiro atoms. The van der Waals surface area contributed by atoms with E-state index >= 15 is 0 Å². The summed E-state index contributed by atoms with van der Waals surface area (Å²) in [5.74, 6) is 1.23. The molecule has 148 valence electrons. The molecule has 1 aromatic carbocycles. The van der Waals surface area contributed by atoms with Crippen molar-refractivity contribution >= 4 is 41.1 Å². The third-order valence-electron chi connectivity index (χ3n) is 4.01. The number of hydrogen-bond acceptors (Lipinski definition) is 5. The van der Waals surface area contributed by atoms with Gasteiger partial charge in [-0.2, -0.15) is 11.8 Å². The van der Waals surface area contributed by atoms with Gasteiger partial charge < -0.3 is 4.79 Å². The molecule has 0 aliphatic carbocycles. The monoisotopic (exact) mass is 429 g/mol. The molecular formula is C23H27NOS3. The number of hydrogen-bond donors (Lipinski definition) is 0. The Morgan fingerprint density at radius 1 is 1.14 bits per heavy atom. The van der Waals surface area contributed by atoms with Crippen molar-refractivity contribution in [2.45, 2.75) is 38.6 Å². The number of nitrogens with zero attached hydrogens (tertiary/aromatic N) is 1. The first-order valence-corrected chi connectivity index (χ1v) is 12.4. The number of carbonyl (C=O) groups is 1. The molecule has 0 radical (unpaired) electrons. The molecule has 0 amide bonds. The Hall–Kier alpha value is -1.56. The fraction of sp³-hybridized carbons (Fsp3) is 0.304. The maximum absolute atomic E-state index is 8.81. The van der Waals surface area contributed by atoms with Gasteiger partial charge in [-0.05, 0) is 60.2 Å². The fourth-order valence-electron chi connectivity index (χ4n) is 2.60. The van der Waals surface area contributed by atoms with Crippen molar-refractivity contribution < 1.29 is 4.79 Å². The SMILES string of the molecule is CC=O.CCCCSCSc1nc(-c2cccs2)cc(-c2ccccc2)c1C. The summed E-state index contributed by atoms with van der Waals surface area (Å²) < 4.78 is 0. The van der Waals surface area contributed by atoms with Gasteiger partial charge in [-0.1, -0.05) is 61.5 Å². The van der Waals surface area contributed by atoms with Gasteiger partial charge in [0.1, 0.15) is 11.3 Å². The quantitative estimate of drug-likeness (QED) is 0.160. The van der Waals surface area contributed by atoms with Gasteiger partial charge in [-0.15, -0.1) is 11.3 Å². The highest BCUT2D eigenvalue weighted by atomic mass is 32.2. The minimum atomic E-state index is 0.750. The van der Waals surface area contributed by atoms with Crippen LogP contribution in [-0.4, -0.2) is 22.1 Å². The van der Waals surface area contributed by atoms with Crippen LogP contribution in [0.25, 0.3) is 21.7 Å². The summed E-state index contributed by atoms with van der Waals surface area (Å²) in [6, 6.07) is 17.1. The van der Waals surface area contributed by atoms with E-state index in [4.69, 9.17) is 9.78 Å². The molecule has 0 unspecified atom stereocenters. The van der Waals surface area contributed by atoms with Crippen molar-refractivity contribution in [2.75, 3.05) is 10.8 Å². The second-order valence-corrected chi connectivity index (χ2v) is 9.47. The molecule has 5 heteroatoms. The van der Waals surface area contributed by atoms with E-state index in [1.807, 2.05) is 23.5 Å². The number of aromatic nitrogens is 1. The molecule has 2 nitrogen and oxygen atoms in total. The van der Waals surface area contributed by atoms with Crippen molar-refractivity contribution in [3.8, 4) is 21.7 Å². The lowest BCUT2D eigenvalue weighted by atomic mass is 10.0. The van der Waals surface area contributed by atoms with E-state index in [2.05, 4.69) is 67.8 Å². The van der Waals surface area contributed by atoms with Crippen molar-refractivity contribution in [3.05, 3.63) is 59.5 Å². The third kappa shape index (κ3) is 6.80. The number of pyridine rings is 1. The van der Waals surface area contributed by atoms with E-state index in [0.29, 0.717) is 0 Å². The van der Waals surface area contributed by atoms with E-state index < -0.39 is 0 Å². The third-order valence-corrected chi connectivity index (χ3v) is 7.29. The Morgan fingerprint density at radius 3 is 2.54 bits per heavy atom. The summed E-state index contributed by atoms with van der Waals surface area (Å²) in [6.07, 6.45) is 3.31. The van der Waals surface area contributed by atoms with Crippen LogP contribution < -0.4 is 0 Å². The van der Waals surface area contributed by atoms with Crippen LogP contribution in [-0.2, 0) is 4.79 Å². The Labute approximate surface area is 181 Å². The summed E-state index contributed by atoms with van der Waals surface area (Å²) >= 11 is 5.64. The molecule has 0 aliphatic heterocycles. The van der Waals surface area contributed by atoms with E-state index in [1.54, 1.807) is 11.3 Å². The normalized spacial score (nSPS) is 10.2. The zero-order valence-electron chi connectivity index (χ0n) is 16.7. The van der Waals surface area contributed by atoms with Gasteiger partial charge in [-0.3, -0.25) is 0 Å². The maximum atomic E-state index is 8.81. The predicted molar refractivity (Wildman–Crippen MR) is 128 cm³/mol. The highest BCUT2D eigenvalue weighted by Crippen LogP contribution is 2.36. The lowest BCUT2D eigenvalue weighted by Gasteiger charge is -2.13. The largest absolute Gasteiger partial charge is 0.304 e. The molecule has 0 saturated heterocycles. The Kier molecular flexibility index (Phi) is 10.4. The second-order valence-electron chi connectivity index (χ2n) is 6.09. The summed E-state index contributed by atoms with van der Waals surface area (Å²) in [6.45, 7) is 5.89. The summed E-state index contributed by atoms with van der Waals surface area (Å²) in [4.78, 5) is 15.0. The molecule has 0 aliphatic rings. The summed E-state index contributed by atoms with van der Waals surface area (Å²) in [5.41, 5.74) is 4.92. The second kappa shape index (κ2) is 12.8. The van der Waals surface area contributed by atoms with Crippen LogP contribution in [0.3, 0.4) is 0 Å². The lowest BCUT2D eigenvalue weighted by Crippen LogP contribution is -1.94. The average Bonchev–Trinajstić information content (AvgIpc) is 3.25. The van der Waals surface area contributed by atoms with E-state index in [9.17, 15) is 0 Å². The molecule has 0 bridgehead atoms. The topological polar surface area (TPSA) is 30.0 Å². The smallest absolute Gasteiger partial charge is 0.116 e. The van der Waals surface area contributed by atoms with Crippen molar-refractivity contribution in [2.24, 2.45) is 0 Å². The van der Waals surface area contributed by atoms with Gasteiger partial charge in [0.25, 0.3) is 0 Å².